The van der Waals surface area contributed by atoms with Gasteiger partial charge in [-0.05, 0) is 30.8 Å². The first-order valence-corrected chi connectivity index (χ1v) is 4.30. The summed E-state index contributed by atoms with van der Waals surface area (Å²) in [7, 11) is 0. The highest BCUT2D eigenvalue weighted by atomic mass is 32.1. The van der Waals surface area contributed by atoms with Gasteiger partial charge in [0.15, 0.2) is 4.99 Å². The molecule has 68 valence electrons. The van der Waals surface area contributed by atoms with Crippen molar-refractivity contribution < 1.29 is 0 Å². The van der Waals surface area contributed by atoms with E-state index < -0.39 is 0 Å². The maximum absolute atomic E-state index is 8.87. The summed E-state index contributed by atoms with van der Waals surface area (Å²) in [5.74, 6) is 0. The van der Waals surface area contributed by atoms with Crippen LogP contribution in [0.5, 0.6) is 0 Å². The highest BCUT2D eigenvalue weighted by Gasteiger charge is 2.05. The topological polar surface area (TPSA) is 59.6 Å². The fourth-order valence-corrected chi connectivity index (χ4v) is 1.18. The number of thiocarbonyl (C=S) groups is 1. The van der Waals surface area contributed by atoms with Crippen molar-refractivity contribution in [3.05, 3.63) is 29.3 Å². The van der Waals surface area contributed by atoms with E-state index in [1.807, 2.05) is 13.0 Å². The van der Waals surface area contributed by atoms with Crippen LogP contribution in [0.2, 0.25) is 0 Å². The highest BCUT2D eigenvalue weighted by Crippen LogP contribution is 2.18. The van der Waals surface area contributed by atoms with Crippen molar-refractivity contribution in [3.8, 4) is 12.1 Å². The molecule has 1 rings (SSSR count). The number of hydrogen-bond acceptors (Lipinski definition) is 3. The van der Waals surface area contributed by atoms with E-state index in [0.717, 1.165) is 5.56 Å². The SMILES string of the molecule is Cc1cccc(NC(=S)C#N)c1C#N. The van der Waals surface area contributed by atoms with Gasteiger partial charge in [0.2, 0.25) is 0 Å². The van der Waals surface area contributed by atoms with Crippen molar-refractivity contribution in [1.29, 1.82) is 10.5 Å². The van der Waals surface area contributed by atoms with Gasteiger partial charge in [-0.3, -0.25) is 0 Å². The van der Waals surface area contributed by atoms with E-state index in [9.17, 15) is 0 Å². The van der Waals surface area contributed by atoms with Gasteiger partial charge in [-0.25, -0.2) is 0 Å². The minimum atomic E-state index is 0.0621. The van der Waals surface area contributed by atoms with E-state index in [2.05, 4.69) is 11.4 Å². The first-order valence-electron chi connectivity index (χ1n) is 3.90. The zero-order valence-corrected chi connectivity index (χ0v) is 8.35. The second kappa shape index (κ2) is 4.36. The Bertz CT molecular complexity index is 451. The third-order valence-corrected chi connectivity index (χ3v) is 1.93. The van der Waals surface area contributed by atoms with Crippen molar-refractivity contribution in [2.45, 2.75) is 6.92 Å². The third-order valence-electron chi connectivity index (χ3n) is 1.73. The smallest absolute Gasteiger partial charge is 0.182 e. The summed E-state index contributed by atoms with van der Waals surface area (Å²) in [6.07, 6.45) is 0. The molecule has 0 aromatic heterocycles. The van der Waals surface area contributed by atoms with Gasteiger partial charge in [-0.1, -0.05) is 12.1 Å². The Morgan fingerprint density at radius 1 is 1.43 bits per heavy atom. The monoisotopic (exact) mass is 201 g/mol. The summed E-state index contributed by atoms with van der Waals surface area (Å²) in [5, 5.41) is 20.1. The second-order valence-electron chi connectivity index (χ2n) is 2.68. The largest absolute Gasteiger partial charge is 0.337 e. The van der Waals surface area contributed by atoms with E-state index in [1.54, 1.807) is 18.2 Å². The van der Waals surface area contributed by atoms with Gasteiger partial charge in [0.25, 0.3) is 0 Å². The summed E-state index contributed by atoms with van der Waals surface area (Å²) < 4.78 is 0. The van der Waals surface area contributed by atoms with E-state index in [1.165, 1.54) is 0 Å². The molecule has 0 fully saturated rings. The van der Waals surface area contributed by atoms with Crippen molar-refractivity contribution in [2.24, 2.45) is 0 Å². The summed E-state index contributed by atoms with van der Waals surface area (Å²) in [6, 6.07) is 9.21. The van der Waals surface area contributed by atoms with E-state index in [-0.39, 0.29) is 4.99 Å². The molecule has 14 heavy (non-hydrogen) atoms. The number of anilines is 1. The highest BCUT2D eigenvalue weighted by molar-refractivity contribution is 7.81. The van der Waals surface area contributed by atoms with Crippen LogP contribution in [0.4, 0.5) is 5.69 Å². The van der Waals surface area contributed by atoms with Crippen molar-refractivity contribution in [3.63, 3.8) is 0 Å². The van der Waals surface area contributed by atoms with Gasteiger partial charge in [0.1, 0.15) is 12.1 Å². The lowest BCUT2D eigenvalue weighted by molar-refractivity contribution is 1.39. The molecule has 3 nitrogen and oxygen atoms in total. The van der Waals surface area contributed by atoms with Crippen LogP contribution in [-0.2, 0) is 0 Å². The molecule has 4 heteroatoms. The number of nitriles is 2. The fraction of sp³-hybridized carbons (Fsp3) is 0.100. The molecule has 0 aliphatic rings. The Kier molecular flexibility index (Phi) is 3.17. The van der Waals surface area contributed by atoms with Crippen LogP contribution in [0.3, 0.4) is 0 Å². The first kappa shape index (κ1) is 10.2. The zero-order valence-electron chi connectivity index (χ0n) is 7.53. The standard InChI is InChI=1S/C10H7N3S/c1-7-3-2-4-9(8(7)5-11)13-10(14)6-12/h2-4H,1H3,(H,13,14). The van der Waals surface area contributed by atoms with Crippen molar-refractivity contribution in [2.75, 3.05) is 5.32 Å². The number of nitrogens with zero attached hydrogens (tertiary/aromatic N) is 2. The Morgan fingerprint density at radius 2 is 2.14 bits per heavy atom. The minimum absolute atomic E-state index is 0.0621. The second-order valence-corrected chi connectivity index (χ2v) is 3.08. The molecule has 1 aromatic rings. The number of hydrogen-bond donors (Lipinski definition) is 1. The minimum Gasteiger partial charge on any atom is -0.337 e. The van der Waals surface area contributed by atoms with Gasteiger partial charge in [0, 0.05) is 0 Å². The molecule has 0 atom stereocenters. The lowest BCUT2D eigenvalue weighted by Gasteiger charge is -2.06. The Morgan fingerprint density at radius 3 is 2.71 bits per heavy atom. The molecule has 1 aromatic carbocycles. The third kappa shape index (κ3) is 2.07. The normalized spacial score (nSPS) is 8.50. The van der Waals surface area contributed by atoms with Gasteiger partial charge in [-0.2, -0.15) is 10.5 Å². The van der Waals surface area contributed by atoms with Gasteiger partial charge >= 0.3 is 0 Å². The number of nitrogens with one attached hydrogen (secondary N) is 1. The molecule has 1 N–H and O–H groups in total. The molecular formula is C10H7N3S. The Hall–Kier alpha value is -1.91. The molecule has 0 amide bonds. The molecule has 0 saturated heterocycles. The Labute approximate surface area is 87.6 Å². The van der Waals surface area contributed by atoms with Crippen LogP contribution in [0, 0.1) is 29.6 Å². The number of aryl methyl sites for hydroxylation is 1. The summed E-state index contributed by atoms with van der Waals surface area (Å²) in [4.78, 5) is 0.0621. The maximum atomic E-state index is 8.87. The molecular weight excluding hydrogens is 194 g/mol. The van der Waals surface area contributed by atoms with Gasteiger partial charge in [0.05, 0.1) is 11.3 Å². The maximum Gasteiger partial charge on any atom is 0.182 e. The lowest BCUT2D eigenvalue weighted by atomic mass is 10.1. The van der Waals surface area contributed by atoms with E-state index in [0.29, 0.717) is 11.3 Å². The molecule has 0 bridgehead atoms. The molecule has 0 saturated carbocycles. The van der Waals surface area contributed by atoms with Crippen LogP contribution in [0.15, 0.2) is 18.2 Å². The molecule has 0 spiro atoms. The summed E-state index contributed by atoms with van der Waals surface area (Å²) >= 11 is 4.71. The first-order chi connectivity index (χ1) is 6.69. The average Bonchev–Trinajstić information content (AvgIpc) is 2.18. The zero-order chi connectivity index (χ0) is 10.6. The fourth-order valence-electron chi connectivity index (χ4n) is 1.07. The molecule has 0 radical (unpaired) electrons. The van der Waals surface area contributed by atoms with Crippen LogP contribution in [0.1, 0.15) is 11.1 Å². The Balaban J connectivity index is 3.11. The predicted octanol–water partition coefficient (Wildman–Crippen LogP) is 2.13. The summed E-state index contributed by atoms with van der Waals surface area (Å²) in [6.45, 7) is 1.83. The van der Waals surface area contributed by atoms with Crippen LogP contribution >= 0.6 is 12.2 Å². The number of rotatable bonds is 1. The summed E-state index contributed by atoms with van der Waals surface area (Å²) in [5.41, 5.74) is 1.96. The quantitative estimate of drug-likeness (QED) is 0.707. The van der Waals surface area contributed by atoms with E-state index >= 15 is 0 Å². The van der Waals surface area contributed by atoms with Gasteiger partial charge in [-0.15, -0.1) is 0 Å². The lowest BCUT2D eigenvalue weighted by Crippen LogP contribution is -2.07. The van der Waals surface area contributed by atoms with E-state index in [4.69, 9.17) is 22.7 Å². The van der Waals surface area contributed by atoms with Crippen LogP contribution in [-0.4, -0.2) is 4.99 Å². The molecule has 0 heterocycles. The van der Waals surface area contributed by atoms with Crippen LogP contribution in [0.25, 0.3) is 0 Å². The molecule has 0 aliphatic carbocycles. The van der Waals surface area contributed by atoms with Crippen LogP contribution < -0.4 is 5.32 Å². The van der Waals surface area contributed by atoms with Gasteiger partial charge < -0.3 is 5.32 Å². The average molecular weight is 201 g/mol. The molecule has 0 aliphatic heterocycles. The molecule has 0 unspecified atom stereocenters. The van der Waals surface area contributed by atoms with Crippen molar-refractivity contribution >= 4 is 22.9 Å². The van der Waals surface area contributed by atoms with Crippen molar-refractivity contribution in [1.82, 2.24) is 0 Å². The predicted molar refractivity (Wildman–Crippen MR) is 57.7 cm³/mol. The number of benzene rings is 1.